The zero-order valence-corrected chi connectivity index (χ0v) is 35.6. The molecule has 0 bridgehead atoms. The van der Waals surface area contributed by atoms with Crippen molar-refractivity contribution in [3.63, 3.8) is 0 Å². The van der Waals surface area contributed by atoms with Gasteiger partial charge in [0.05, 0.1) is 48.2 Å². The summed E-state index contributed by atoms with van der Waals surface area (Å²) >= 11 is 1.50. The van der Waals surface area contributed by atoms with Crippen molar-refractivity contribution >= 4 is 35.0 Å². The highest BCUT2D eigenvalue weighted by Crippen LogP contribution is 2.30. The lowest BCUT2D eigenvalue weighted by molar-refractivity contribution is -0.148. The first kappa shape index (κ1) is 46.8. The molecular weight excluding hydrogens is 705 g/mol. The minimum absolute atomic E-state index is 0. The summed E-state index contributed by atoms with van der Waals surface area (Å²) in [5.41, 5.74) is 5.97. The molecule has 12 nitrogen and oxygen atoms in total. The van der Waals surface area contributed by atoms with Crippen LogP contribution in [0, 0.1) is 17.8 Å². The van der Waals surface area contributed by atoms with E-state index in [0.717, 1.165) is 23.4 Å². The van der Waals surface area contributed by atoms with Crippen LogP contribution in [0.3, 0.4) is 0 Å². The minimum Gasteiger partial charge on any atom is -0.379 e. The number of nitrogens with two attached hydrogens (primary N) is 1. The van der Waals surface area contributed by atoms with E-state index in [-0.39, 0.29) is 52.3 Å². The number of nitrogens with one attached hydrogen (secondary N) is 2. The third kappa shape index (κ3) is 12.6. The number of likely N-dealkylation sites (tertiary alicyclic amines) is 1. The maximum absolute atomic E-state index is 14.2. The van der Waals surface area contributed by atoms with Gasteiger partial charge in [-0.1, -0.05) is 85.2 Å². The predicted octanol–water partition coefficient (Wildman–Crippen LogP) is 6.11. The molecule has 54 heavy (non-hydrogen) atoms. The van der Waals surface area contributed by atoms with Crippen LogP contribution in [0.5, 0.6) is 0 Å². The Bertz CT molecular complexity index is 1450. The highest BCUT2D eigenvalue weighted by atomic mass is 32.1. The molecule has 0 saturated carbocycles. The number of thiazole rings is 1. The van der Waals surface area contributed by atoms with E-state index >= 15 is 0 Å². The van der Waals surface area contributed by atoms with E-state index < -0.39 is 41.7 Å². The Morgan fingerprint density at radius 1 is 1.07 bits per heavy atom. The van der Waals surface area contributed by atoms with Crippen LogP contribution in [0.2, 0.25) is 0 Å². The van der Waals surface area contributed by atoms with E-state index in [1.807, 2.05) is 89.1 Å². The SMILES string of the molecule is CC.CC[C@H](C)[C@@H]([C@@H](CC(=O)N1CCC[C@H]1[C@H](OC)[C@@H](C)C(=O)N[C@@H](Cc1ccccc1)c1nccs1)OC)N(C)C(=O)[C@@H](NC(=O)C(C)(C)N)C(C)C.[HH].[HH].[HH]. The lowest BCUT2D eigenvalue weighted by atomic mass is 9.89. The van der Waals surface area contributed by atoms with E-state index in [1.165, 1.54) is 11.3 Å². The van der Waals surface area contributed by atoms with Gasteiger partial charge < -0.3 is 35.6 Å². The first-order chi connectivity index (χ1) is 25.5. The summed E-state index contributed by atoms with van der Waals surface area (Å²) in [6, 6.07) is 8.11. The molecule has 1 aromatic heterocycles. The first-order valence-electron chi connectivity index (χ1n) is 19.5. The van der Waals surface area contributed by atoms with E-state index in [0.29, 0.717) is 19.4 Å². The van der Waals surface area contributed by atoms with Gasteiger partial charge in [0.15, 0.2) is 0 Å². The van der Waals surface area contributed by atoms with Crippen molar-refractivity contribution in [3.8, 4) is 0 Å². The number of nitrogens with zero attached hydrogens (tertiary/aromatic N) is 3. The van der Waals surface area contributed by atoms with Crippen molar-refractivity contribution in [3.05, 3.63) is 52.5 Å². The van der Waals surface area contributed by atoms with E-state index in [9.17, 15) is 19.2 Å². The molecule has 3 rings (SSSR count). The summed E-state index contributed by atoms with van der Waals surface area (Å²) in [6.07, 6.45) is 3.42. The standard InChI is InChI=1S/C39H62N6O6S.C2H6.3H2/c1-11-25(4)33(44(8)37(48)32(24(2)3)43-38(49)39(6,7)40)30(50-9)23-31(46)45-20-15-18-29(45)34(51-10)26(5)35(47)42-28(36-41-19-21-52-36)22-27-16-13-12-14-17-27;1-2;;;/h12-14,16-17,19,21,24-26,28-30,32-34H,11,15,18,20,22-23,40H2,1-10H3,(H,42,47)(H,43,49);1-2H3;3*1H/t25-,26+,28-,29-,30+,32-,33-,34+;;;;/m0..../s1. The fraction of sp³-hybridized carbons (Fsp3) is 0.683. The summed E-state index contributed by atoms with van der Waals surface area (Å²) in [5, 5.41) is 8.79. The molecule has 2 heterocycles. The Labute approximate surface area is 332 Å². The van der Waals surface area contributed by atoms with Gasteiger partial charge in [0.1, 0.15) is 11.0 Å². The van der Waals surface area contributed by atoms with Gasteiger partial charge in [-0.25, -0.2) is 4.98 Å². The number of rotatable bonds is 19. The van der Waals surface area contributed by atoms with Gasteiger partial charge in [-0.15, -0.1) is 11.3 Å². The molecule has 13 heteroatoms. The normalized spacial score (nSPS) is 18.3. The van der Waals surface area contributed by atoms with Gasteiger partial charge in [-0.05, 0) is 50.5 Å². The predicted molar refractivity (Wildman–Crippen MR) is 222 cm³/mol. The number of likely N-dealkylation sites (N-methyl/N-ethyl adjacent to an activating group) is 1. The Kier molecular flexibility index (Phi) is 19.3. The second kappa shape index (κ2) is 22.2. The minimum atomic E-state index is -1.15. The van der Waals surface area contributed by atoms with E-state index in [2.05, 4.69) is 15.6 Å². The Morgan fingerprint density at radius 3 is 2.24 bits per heavy atom. The number of hydrogen-bond acceptors (Lipinski definition) is 9. The average molecular weight is 779 g/mol. The zero-order valence-electron chi connectivity index (χ0n) is 34.8. The molecule has 310 valence electrons. The van der Waals surface area contributed by atoms with Crippen LogP contribution in [0.15, 0.2) is 41.9 Å². The lowest BCUT2D eigenvalue weighted by Gasteiger charge is -2.41. The number of amides is 4. The number of benzene rings is 1. The van der Waals surface area contributed by atoms with Gasteiger partial charge >= 0.3 is 0 Å². The zero-order chi connectivity index (χ0) is 40.7. The largest absolute Gasteiger partial charge is 0.379 e. The molecule has 0 spiro atoms. The van der Waals surface area contributed by atoms with Gasteiger partial charge in [0.25, 0.3) is 0 Å². The summed E-state index contributed by atoms with van der Waals surface area (Å²) in [4.78, 5) is 62.8. The van der Waals surface area contributed by atoms with E-state index in [1.54, 1.807) is 46.2 Å². The van der Waals surface area contributed by atoms with E-state index in [4.69, 9.17) is 15.2 Å². The summed E-state index contributed by atoms with van der Waals surface area (Å²) in [7, 11) is 4.86. The Hall–Kier alpha value is -3.39. The molecule has 2 aromatic rings. The number of aromatic nitrogens is 1. The molecule has 1 aliphatic heterocycles. The van der Waals surface area contributed by atoms with Crippen molar-refractivity contribution in [2.24, 2.45) is 23.5 Å². The van der Waals surface area contributed by atoms with Crippen molar-refractivity contribution in [1.82, 2.24) is 25.4 Å². The maximum atomic E-state index is 14.2. The second-order valence-electron chi connectivity index (χ2n) is 15.1. The molecule has 0 unspecified atom stereocenters. The van der Waals surface area contributed by atoms with Crippen LogP contribution in [-0.4, -0.2) is 102 Å². The number of ether oxygens (including phenoxy) is 2. The fourth-order valence-electron chi connectivity index (χ4n) is 7.13. The Balaban J connectivity index is 0. The lowest BCUT2D eigenvalue weighted by Crippen LogP contribution is -2.60. The molecule has 4 amide bonds. The monoisotopic (exact) mass is 779 g/mol. The number of carbonyl (C=O) groups excluding carboxylic acids is 4. The molecule has 4 N–H and O–H groups in total. The molecule has 8 atom stereocenters. The van der Waals surface area contributed by atoms with Crippen LogP contribution < -0.4 is 16.4 Å². The molecule has 1 saturated heterocycles. The van der Waals surface area contributed by atoms with Crippen molar-refractivity contribution < 1.29 is 32.9 Å². The third-order valence-electron chi connectivity index (χ3n) is 10.4. The average Bonchev–Trinajstić information content (AvgIpc) is 3.87. The highest BCUT2D eigenvalue weighted by Gasteiger charge is 2.43. The number of carbonyl (C=O) groups is 4. The van der Waals surface area contributed by atoms with Crippen LogP contribution in [0.1, 0.15) is 109 Å². The van der Waals surface area contributed by atoms with Crippen LogP contribution in [0.4, 0.5) is 0 Å². The first-order valence-corrected chi connectivity index (χ1v) is 20.4. The van der Waals surface area contributed by atoms with Crippen LogP contribution >= 0.6 is 11.3 Å². The summed E-state index contributed by atoms with van der Waals surface area (Å²) in [5.74, 6) is -1.76. The molecule has 1 aromatic carbocycles. The van der Waals surface area contributed by atoms with Gasteiger partial charge in [-0.2, -0.15) is 0 Å². The van der Waals surface area contributed by atoms with Crippen molar-refractivity contribution in [2.45, 2.75) is 136 Å². The maximum Gasteiger partial charge on any atom is 0.245 e. The molecule has 0 aliphatic carbocycles. The molecular formula is C41H74N6O6S. The topological polar surface area (TPSA) is 156 Å². The van der Waals surface area contributed by atoms with Crippen LogP contribution in [-0.2, 0) is 35.1 Å². The van der Waals surface area contributed by atoms with Crippen LogP contribution in [0.25, 0.3) is 0 Å². The number of hydrogen-bond donors (Lipinski definition) is 3. The van der Waals surface area contributed by atoms with Crippen molar-refractivity contribution in [2.75, 3.05) is 27.8 Å². The van der Waals surface area contributed by atoms with Gasteiger partial charge in [0.2, 0.25) is 23.6 Å². The van der Waals surface area contributed by atoms with Crippen molar-refractivity contribution in [1.29, 1.82) is 0 Å². The molecule has 1 aliphatic rings. The summed E-state index contributed by atoms with van der Waals surface area (Å²) < 4.78 is 12.0. The second-order valence-corrected chi connectivity index (χ2v) is 16.1. The Morgan fingerprint density at radius 2 is 1.72 bits per heavy atom. The quantitative estimate of drug-likeness (QED) is 0.154. The smallest absolute Gasteiger partial charge is 0.245 e. The fourth-order valence-corrected chi connectivity index (χ4v) is 7.82. The van der Waals surface area contributed by atoms with Gasteiger partial charge in [0, 0.05) is 43.7 Å². The summed E-state index contributed by atoms with van der Waals surface area (Å²) in [6.45, 7) is 17.4. The number of methoxy groups -OCH3 is 2. The van der Waals surface area contributed by atoms with Gasteiger partial charge in [-0.3, -0.25) is 19.2 Å². The molecule has 0 radical (unpaired) electrons. The third-order valence-corrected chi connectivity index (χ3v) is 11.3. The molecule has 1 fully saturated rings. The highest BCUT2D eigenvalue weighted by molar-refractivity contribution is 7.09.